The lowest BCUT2D eigenvalue weighted by molar-refractivity contribution is -0.180. The Morgan fingerprint density at radius 3 is 2.72 bits per heavy atom. The van der Waals surface area contributed by atoms with E-state index < -0.39 is 0 Å². The molecule has 0 aromatic heterocycles. The van der Waals surface area contributed by atoms with Gasteiger partial charge in [0, 0.05) is 17.3 Å². The Bertz CT molecular complexity index is 516. The van der Waals surface area contributed by atoms with Crippen molar-refractivity contribution in [2.75, 3.05) is 0 Å². The van der Waals surface area contributed by atoms with Crippen molar-refractivity contribution < 1.29 is 14.3 Å². The van der Waals surface area contributed by atoms with E-state index in [4.69, 9.17) is 4.74 Å². The van der Waals surface area contributed by atoms with Crippen LogP contribution in [-0.4, -0.2) is 17.9 Å². The first kappa shape index (κ1) is 10.8. The summed E-state index contributed by atoms with van der Waals surface area (Å²) in [5, 5.41) is 0. The van der Waals surface area contributed by atoms with Gasteiger partial charge in [-0.2, -0.15) is 0 Å². The molecule has 0 N–H and O–H groups in total. The summed E-state index contributed by atoms with van der Waals surface area (Å²) in [7, 11) is 0. The number of fused-ring (bicyclic) bond motifs is 3. The van der Waals surface area contributed by atoms with Gasteiger partial charge in [-0.05, 0) is 31.3 Å². The van der Waals surface area contributed by atoms with Crippen LogP contribution in [-0.2, 0) is 14.3 Å². The van der Waals surface area contributed by atoms with E-state index in [9.17, 15) is 9.59 Å². The molecule has 18 heavy (non-hydrogen) atoms. The fraction of sp³-hybridized carbons (Fsp3) is 0.733. The molecule has 5 atom stereocenters. The molecule has 6 rings (SSSR count). The van der Waals surface area contributed by atoms with E-state index in [-0.39, 0.29) is 46.4 Å². The lowest BCUT2D eigenvalue weighted by atomic mass is 9.46. The molecule has 1 aliphatic heterocycles. The molecule has 0 radical (unpaired) electrons. The van der Waals surface area contributed by atoms with Crippen LogP contribution in [0.25, 0.3) is 0 Å². The first-order chi connectivity index (χ1) is 8.42. The Balaban J connectivity index is 1.91. The number of hydrogen-bond donors (Lipinski definition) is 0. The van der Waals surface area contributed by atoms with Gasteiger partial charge in [-0.25, -0.2) is 0 Å². The fourth-order valence-electron chi connectivity index (χ4n) is 5.50. The number of rotatable bonds is 0. The van der Waals surface area contributed by atoms with Gasteiger partial charge in [0.2, 0.25) is 0 Å². The minimum absolute atomic E-state index is 0.0289. The summed E-state index contributed by atoms with van der Waals surface area (Å²) in [6.45, 7) is 6.24. The number of esters is 1. The molecule has 0 aromatic carbocycles. The van der Waals surface area contributed by atoms with Crippen molar-refractivity contribution in [1.82, 2.24) is 0 Å². The predicted octanol–water partition coefficient (Wildman–Crippen LogP) is 2.11. The summed E-state index contributed by atoms with van der Waals surface area (Å²) in [6.07, 6.45) is 3.66. The maximum atomic E-state index is 12.5. The first-order valence-corrected chi connectivity index (χ1v) is 6.84. The molecular formula is C15H18O3. The van der Waals surface area contributed by atoms with Crippen LogP contribution in [0.3, 0.4) is 0 Å². The molecule has 1 spiro atoms. The highest BCUT2D eigenvalue weighted by Gasteiger charge is 2.86. The maximum Gasteiger partial charge on any atom is 0.313 e. The van der Waals surface area contributed by atoms with E-state index in [0.717, 1.165) is 18.4 Å². The normalized spacial score (nSPS) is 54.1. The van der Waals surface area contributed by atoms with Gasteiger partial charge >= 0.3 is 5.97 Å². The van der Waals surface area contributed by atoms with E-state index in [1.807, 2.05) is 13.0 Å². The van der Waals surface area contributed by atoms with Crippen molar-refractivity contribution in [3.05, 3.63) is 11.6 Å². The molecule has 3 saturated carbocycles. The Morgan fingerprint density at radius 2 is 2.06 bits per heavy atom. The zero-order valence-electron chi connectivity index (χ0n) is 11.0. The zero-order valence-corrected chi connectivity index (χ0v) is 11.0. The number of hydrogen-bond acceptors (Lipinski definition) is 3. The zero-order chi connectivity index (χ0) is 12.9. The Kier molecular flexibility index (Phi) is 1.63. The fourth-order valence-corrected chi connectivity index (χ4v) is 5.50. The van der Waals surface area contributed by atoms with Crippen molar-refractivity contribution >= 4 is 11.8 Å². The molecule has 4 fully saturated rings. The lowest BCUT2D eigenvalue weighted by Crippen LogP contribution is -2.59. The van der Waals surface area contributed by atoms with Crippen molar-refractivity contribution in [2.45, 2.75) is 39.7 Å². The highest BCUT2D eigenvalue weighted by Crippen LogP contribution is 2.79. The van der Waals surface area contributed by atoms with Gasteiger partial charge in [0.1, 0.15) is 6.10 Å². The van der Waals surface area contributed by atoms with Gasteiger partial charge in [0.15, 0.2) is 5.78 Å². The summed E-state index contributed by atoms with van der Waals surface area (Å²) < 4.78 is 5.61. The Labute approximate surface area is 107 Å². The van der Waals surface area contributed by atoms with Crippen LogP contribution in [0.4, 0.5) is 0 Å². The highest BCUT2D eigenvalue weighted by molar-refractivity contribution is 6.01. The van der Waals surface area contributed by atoms with Crippen LogP contribution < -0.4 is 0 Å². The number of ether oxygens (including phenoxy) is 1. The smallest absolute Gasteiger partial charge is 0.313 e. The number of allylic oxidation sites excluding steroid dienone is 2. The lowest BCUT2D eigenvalue weighted by Gasteiger charge is -2.53. The topological polar surface area (TPSA) is 43.4 Å². The van der Waals surface area contributed by atoms with Crippen molar-refractivity contribution in [1.29, 1.82) is 0 Å². The second-order valence-corrected chi connectivity index (χ2v) is 7.01. The van der Waals surface area contributed by atoms with Crippen molar-refractivity contribution in [3.63, 3.8) is 0 Å². The van der Waals surface area contributed by atoms with Gasteiger partial charge in [0.05, 0.1) is 5.41 Å². The van der Waals surface area contributed by atoms with Crippen LogP contribution in [0.15, 0.2) is 11.6 Å². The summed E-state index contributed by atoms with van der Waals surface area (Å²) in [5.74, 6) is 0.625. The second-order valence-electron chi connectivity index (χ2n) is 7.01. The van der Waals surface area contributed by atoms with Crippen molar-refractivity contribution in [3.8, 4) is 0 Å². The average molecular weight is 246 g/mol. The summed E-state index contributed by atoms with van der Waals surface area (Å²) in [6, 6.07) is 0. The standard InChI is InChI=1S/C15H18O3/c1-7-5-4-6-15-9-8(10(7)16)11(15)14(2,3)12(9)18-13(15)17/h5,8-9,11-12H,4,6H2,1-3H3/b7-5-/t8?,9-,11+,12+,15?/m1/s1. The molecule has 3 heteroatoms. The van der Waals surface area contributed by atoms with Crippen LogP contribution in [0.2, 0.25) is 0 Å². The third-order valence-electron chi connectivity index (χ3n) is 6.07. The molecule has 1 saturated heterocycles. The minimum atomic E-state index is -0.328. The van der Waals surface area contributed by atoms with Gasteiger partial charge in [-0.15, -0.1) is 0 Å². The second kappa shape index (κ2) is 2.73. The minimum Gasteiger partial charge on any atom is -0.461 e. The number of carbonyl (C=O) groups excluding carboxylic acids is 2. The number of carbonyl (C=O) groups is 2. The predicted molar refractivity (Wildman–Crippen MR) is 64.6 cm³/mol. The number of ketones is 1. The largest absolute Gasteiger partial charge is 0.461 e. The van der Waals surface area contributed by atoms with E-state index in [1.165, 1.54) is 0 Å². The maximum absolute atomic E-state index is 12.5. The molecular weight excluding hydrogens is 228 g/mol. The summed E-state index contributed by atoms with van der Waals surface area (Å²) >= 11 is 0. The van der Waals surface area contributed by atoms with Crippen LogP contribution in [0, 0.1) is 28.6 Å². The number of Topliss-reactive ketones (excluding diaryl/α,β-unsaturated/α-hetero) is 1. The molecule has 5 aliphatic carbocycles. The van der Waals surface area contributed by atoms with E-state index in [1.54, 1.807) is 0 Å². The molecule has 96 valence electrons. The molecule has 1 heterocycles. The summed E-state index contributed by atoms with van der Waals surface area (Å²) in [5.41, 5.74) is 0.525. The Morgan fingerprint density at radius 1 is 1.33 bits per heavy atom. The Hall–Kier alpha value is -1.12. The van der Waals surface area contributed by atoms with E-state index >= 15 is 0 Å². The van der Waals surface area contributed by atoms with E-state index in [2.05, 4.69) is 13.8 Å². The van der Waals surface area contributed by atoms with Gasteiger partial charge in [-0.1, -0.05) is 19.9 Å². The average Bonchev–Trinajstić information content (AvgIpc) is 2.69. The van der Waals surface area contributed by atoms with E-state index in [0.29, 0.717) is 0 Å². The van der Waals surface area contributed by atoms with Gasteiger partial charge in [-0.3, -0.25) is 9.59 Å². The molecule has 0 aromatic rings. The molecule has 5 bridgehead atoms. The SMILES string of the molecule is C/C1=C/CCC23C(=O)O[C@H]4[C@H]2C(C1=O)[C@H]3C4(C)C. The summed E-state index contributed by atoms with van der Waals surface area (Å²) in [4.78, 5) is 24.7. The molecule has 0 amide bonds. The highest BCUT2D eigenvalue weighted by atomic mass is 16.6. The van der Waals surface area contributed by atoms with Crippen molar-refractivity contribution in [2.24, 2.45) is 28.6 Å². The monoisotopic (exact) mass is 246 g/mol. The van der Waals surface area contributed by atoms with Crippen LogP contribution in [0.5, 0.6) is 0 Å². The van der Waals surface area contributed by atoms with Gasteiger partial charge < -0.3 is 4.74 Å². The molecule has 6 aliphatic rings. The first-order valence-electron chi connectivity index (χ1n) is 6.84. The van der Waals surface area contributed by atoms with Gasteiger partial charge in [0.25, 0.3) is 0 Å². The third-order valence-corrected chi connectivity index (χ3v) is 6.07. The molecule has 2 unspecified atom stereocenters. The quantitative estimate of drug-likeness (QED) is 0.615. The molecule has 3 nitrogen and oxygen atoms in total. The third kappa shape index (κ3) is 0.799. The van der Waals surface area contributed by atoms with Crippen LogP contribution in [0.1, 0.15) is 33.6 Å². The van der Waals surface area contributed by atoms with Crippen LogP contribution >= 0.6 is 0 Å².